The van der Waals surface area contributed by atoms with E-state index in [1.165, 1.54) is 12.1 Å². The molecule has 0 bridgehead atoms. The molecule has 0 fully saturated rings. The zero-order chi connectivity index (χ0) is 19.5. The lowest BCUT2D eigenvalue weighted by Crippen LogP contribution is -2.36. The fraction of sp³-hybridized carbons (Fsp3) is 0.250. The zero-order valence-corrected chi connectivity index (χ0v) is 18.1. The molecule has 2 aromatic carbocycles. The molecular weight excluding hydrogens is 471 g/mol. The van der Waals surface area contributed by atoms with E-state index in [1.54, 1.807) is 12.1 Å². The van der Waals surface area contributed by atoms with Gasteiger partial charge in [0.1, 0.15) is 12.4 Å². The molecule has 0 spiro atoms. The molecule has 7 nitrogen and oxygen atoms in total. The van der Waals surface area contributed by atoms with E-state index in [0.717, 1.165) is 16.9 Å². The topological polar surface area (TPSA) is 88.8 Å². The SMILES string of the molecule is C=CCOc1ccccc1CNC(=NCc1cccc([N+](=O)[O-])c1)NCC.I. The second kappa shape index (κ2) is 12.7. The number of hydrogen-bond donors (Lipinski definition) is 2. The number of aliphatic imine (C=N–C) groups is 1. The number of guanidine groups is 1. The van der Waals surface area contributed by atoms with Gasteiger partial charge in [0.15, 0.2) is 5.96 Å². The first-order chi connectivity index (χ1) is 13.1. The third kappa shape index (κ3) is 7.55. The maximum atomic E-state index is 10.9. The first kappa shape index (κ1) is 23.4. The number of nitro benzene ring substituents is 1. The van der Waals surface area contributed by atoms with Crippen molar-refractivity contribution in [1.82, 2.24) is 10.6 Å². The Kier molecular flexibility index (Phi) is 10.6. The number of nitrogens with one attached hydrogen (secondary N) is 2. The quantitative estimate of drug-likeness (QED) is 0.137. The van der Waals surface area contributed by atoms with Crippen LogP contribution in [0.5, 0.6) is 5.75 Å². The van der Waals surface area contributed by atoms with Gasteiger partial charge in [0.05, 0.1) is 11.5 Å². The number of para-hydroxylation sites is 1. The van der Waals surface area contributed by atoms with Crippen molar-refractivity contribution in [2.24, 2.45) is 4.99 Å². The smallest absolute Gasteiger partial charge is 0.269 e. The Balaban J connectivity index is 0.00000392. The van der Waals surface area contributed by atoms with Crippen LogP contribution in [0, 0.1) is 10.1 Å². The van der Waals surface area contributed by atoms with Gasteiger partial charge in [-0.1, -0.05) is 43.0 Å². The van der Waals surface area contributed by atoms with Gasteiger partial charge in [-0.15, -0.1) is 24.0 Å². The van der Waals surface area contributed by atoms with Crippen molar-refractivity contribution in [1.29, 1.82) is 0 Å². The molecule has 2 rings (SSSR count). The van der Waals surface area contributed by atoms with Gasteiger partial charge in [-0.25, -0.2) is 4.99 Å². The zero-order valence-electron chi connectivity index (χ0n) is 15.8. The monoisotopic (exact) mass is 496 g/mol. The van der Waals surface area contributed by atoms with Gasteiger partial charge in [-0.3, -0.25) is 10.1 Å². The number of halogens is 1. The van der Waals surface area contributed by atoms with Crippen LogP contribution in [0.15, 0.2) is 66.2 Å². The molecule has 0 saturated heterocycles. The fourth-order valence-corrected chi connectivity index (χ4v) is 2.40. The average molecular weight is 496 g/mol. The highest BCUT2D eigenvalue weighted by Crippen LogP contribution is 2.17. The lowest BCUT2D eigenvalue weighted by molar-refractivity contribution is -0.384. The summed E-state index contributed by atoms with van der Waals surface area (Å²) < 4.78 is 5.66. The van der Waals surface area contributed by atoms with E-state index in [-0.39, 0.29) is 29.7 Å². The summed E-state index contributed by atoms with van der Waals surface area (Å²) in [6.45, 7) is 7.66. The first-order valence-electron chi connectivity index (χ1n) is 8.71. The number of rotatable bonds is 9. The molecule has 0 amide bonds. The lowest BCUT2D eigenvalue weighted by Gasteiger charge is -2.14. The molecule has 0 aliphatic carbocycles. The maximum Gasteiger partial charge on any atom is 0.269 e. The Labute approximate surface area is 182 Å². The number of hydrogen-bond acceptors (Lipinski definition) is 4. The normalized spacial score (nSPS) is 10.5. The summed E-state index contributed by atoms with van der Waals surface area (Å²) in [6, 6.07) is 14.2. The predicted octanol–water partition coefficient (Wildman–Crippen LogP) is 4.03. The molecule has 0 radical (unpaired) electrons. The molecule has 0 unspecified atom stereocenters. The van der Waals surface area contributed by atoms with Crippen molar-refractivity contribution in [3.8, 4) is 5.75 Å². The van der Waals surface area contributed by atoms with Crippen LogP contribution in [0.2, 0.25) is 0 Å². The molecule has 0 heterocycles. The van der Waals surface area contributed by atoms with Crippen molar-refractivity contribution in [2.75, 3.05) is 13.2 Å². The number of ether oxygens (including phenoxy) is 1. The number of nitro groups is 1. The summed E-state index contributed by atoms with van der Waals surface area (Å²) in [6.07, 6.45) is 1.70. The molecule has 0 aliphatic rings. The van der Waals surface area contributed by atoms with Gasteiger partial charge >= 0.3 is 0 Å². The molecule has 2 N–H and O–H groups in total. The van der Waals surface area contributed by atoms with Crippen molar-refractivity contribution >= 4 is 35.6 Å². The first-order valence-corrected chi connectivity index (χ1v) is 8.71. The number of non-ortho nitro benzene ring substituents is 1. The minimum Gasteiger partial charge on any atom is -0.489 e. The molecule has 0 saturated carbocycles. The highest BCUT2D eigenvalue weighted by molar-refractivity contribution is 14.0. The molecule has 8 heteroatoms. The predicted molar refractivity (Wildman–Crippen MR) is 122 cm³/mol. The van der Waals surface area contributed by atoms with Crippen molar-refractivity contribution in [2.45, 2.75) is 20.0 Å². The molecule has 2 aromatic rings. The van der Waals surface area contributed by atoms with Crippen LogP contribution in [-0.2, 0) is 13.1 Å². The molecule has 0 aliphatic heterocycles. The van der Waals surface area contributed by atoms with Crippen molar-refractivity contribution < 1.29 is 9.66 Å². The largest absolute Gasteiger partial charge is 0.489 e. The van der Waals surface area contributed by atoms with Gasteiger partial charge in [-0.05, 0) is 18.6 Å². The molecular formula is C20H25IN4O3. The fourth-order valence-electron chi connectivity index (χ4n) is 2.40. The second-order valence-corrected chi connectivity index (χ2v) is 5.68. The highest BCUT2D eigenvalue weighted by atomic mass is 127. The lowest BCUT2D eigenvalue weighted by atomic mass is 10.2. The summed E-state index contributed by atoms with van der Waals surface area (Å²) >= 11 is 0. The molecule has 0 aromatic heterocycles. The van der Waals surface area contributed by atoms with E-state index in [9.17, 15) is 10.1 Å². The van der Waals surface area contributed by atoms with Crippen LogP contribution in [0.25, 0.3) is 0 Å². The minimum atomic E-state index is -0.406. The van der Waals surface area contributed by atoms with Gasteiger partial charge in [0, 0.05) is 30.8 Å². The third-order valence-electron chi connectivity index (χ3n) is 3.66. The summed E-state index contributed by atoms with van der Waals surface area (Å²) in [5.41, 5.74) is 1.84. The van der Waals surface area contributed by atoms with Crippen molar-refractivity contribution in [3.05, 3.63) is 82.4 Å². The molecule has 28 heavy (non-hydrogen) atoms. The van der Waals surface area contributed by atoms with Crippen LogP contribution >= 0.6 is 24.0 Å². The Morgan fingerprint density at radius 3 is 2.75 bits per heavy atom. The van der Waals surface area contributed by atoms with Gasteiger partial charge in [0.25, 0.3) is 5.69 Å². The van der Waals surface area contributed by atoms with E-state index >= 15 is 0 Å². The van der Waals surface area contributed by atoms with Crippen LogP contribution in [0.3, 0.4) is 0 Å². The molecule has 150 valence electrons. The second-order valence-electron chi connectivity index (χ2n) is 5.68. The molecule has 0 atom stereocenters. The van der Waals surface area contributed by atoms with Crippen LogP contribution < -0.4 is 15.4 Å². The van der Waals surface area contributed by atoms with E-state index in [2.05, 4.69) is 22.2 Å². The number of nitrogens with zero attached hydrogens (tertiary/aromatic N) is 2. The highest BCUT2D eigenvalue weighted by Gasteiger charge is 2.07. The Morgan fingerprint density at radius 1 is 1.25 bits per heavy atom. The van der Waals surface area contributed by atoms with Crippen LogP contribution in [0.1, 0.15) is 18.1 Å². The van der Waals surface area contributed by atoms with Gasteiger partial charge in [-0.2, -0.15) is 0 Å². The van der Waals surface area contributed by atoms with E-state index < -0.39 is 4.92 Å². The van der Waals surface area contributed by atoms with Gasteiger partial charge < -0.3 is 15.4 Å². The third-order valence-corrected chi connectivity index (χ3v) is 3.66. The van der Waals surface area contributed by atoms with E-state index in [1.807, 2.05) is 37.3 Å². The summed E-state index contributed by atoms with van der Waals surface area (Å²) in [5, 5.41) is 17.3. The Morgan fingerprint density at radius 2 is 2.04 bits per heavy atom. The number of benzene rings is 2. The Hall–Kier alpha value is -2.62. The van der Waals surface area contributed by atoms with Crippen LogP contribution in [-0.4, -0.2) is 24.0 Å². The maximum absolute atomic E-state index is 10.9. The average Bonchev–Trinajstić information content (AvgIpc) is 2.69. The minimum absolute atomic E-state index is 0. The van der Waals surface area contributed by atoms with Crippen molar-refractivity contribution in [3.63, 3.8) is 0 Å². The summed E-state index contributed by atoms with van der Waals surface area (Å²) in [4.78, 5) is 15.0. The standard InChI is InChI=1S/C20H24N4O3.HI/c1-3-12-27-19-11-6-5-9-17(19)15-23-20(21-4-2)22-14-16-8-7-10-18(13-16)24(25)26;/h3,5-11,13H,1,4,12,14-15H2,2H3,(H2,21,22,23);1H. The Bertz CT molecular complexity index is 812. The summed E-state index contributed by atoms with van der Waals surface area (Å²) in [7, 11) is 0. The van der Waals surface area contributed by atoms with E-state index in [4.69, 9.17) is 4.74 Å². The van der Waals surface area contributed by atoms with Gasteiger partial charge in [0.2, 0.25) is 0 Å². The van der Waals surface area contributed by atoms with Crippen LogP contribution in [0.4, 0.5) is 5.69 Å². The summed E-state index contributed by atoms with van der Waals surface area (Å²) in [5.74, 6) is 1.42. The van der Waals surface area contributed by atoms with E-state index in [0.29, 0.717) is 32.2 Å².